The van der Waals surface area contributed by atoms with Crippen molar-refractivity contribution in [1.82, 2.24) is 5.32 Å². The van der Waals surface area contributed by atoms with Gasteiger partial charge in [-0.1, -0.05) is 18.2 Å². The van der Waals surface area contributed by atoms with Crippen LogP contribution in [0.15, 0.2) is 35.7 Å². The zero-order chi connectivity index (χ0) is 14.5. The third-order valence-corrected chi connectivity index (χ3v) is 3.73. The average Bonchev–Trinajstić information content (AvgIpc) is 2.93. The van der Waals surface area contributed by atoms with Gasteiger partial charge in [0.2, 0.25) is 0 Å². The second-order valence-corrected chi connectivity index (χ2v) is 5.57. The van der Waals surface area contributed by atoms with Gasteiger partial charge in [-0.25, -0.2) is 0 Å². The Morgan fingerprint density at radius 3 is 2.65 bits per heavy atom. The molecule has 2 aromatic rings. The highest BCUT2D eigenvalue weighted by atomic mass is 32.1. The van der Waals surface area contributed by atoms with Gasteiger partial charge in [0.15, 0.2) is 0 Å². The summed E-state index contributed by atoms with van der Waals surface area (Å²) in [6.07, 6.45) is 0. The van der Waals surface area contributed by atoms with Gasteiger partial charge >= 0.3 is 11.8 Å². The molecule has 20 heavy (non-hydrogen) atoms. The molecule has 2 N–H and O–H groups in total. The summed E-state index contributed by atoms with van der Waals surface area (Å²) in [6, 6.07) is 9.53. The standard InChI is InChI=1S/C15H16N2O2S/c1-10-5-6-11(2)13(8-10)17-15(19)14(18)16-9-12-4-3-7-20-12/h3-8H,9H2,1-2H3,(H,16,18)(H,17,19). The summed E-state index contributed by atoms with van der Waals surface area (Å²) in [5.74, 6) is -1.27. The quantitative estimate of drug-likeness (QED) is 0.853. The number of carbonyl (C=O) groups is 2. The Kier molecular flexibility index (Phi) is 4.53. The number of amides is 2. The largest absolute Gasteiger partial charge is 0.343 e. The number of anilines is 1. The molecule has 0 saturated heterocycles. The molecule has 0 aliphatic heterocycles. The minimum absolute atomic E-state index is 0.372. The van der Waals surface area contributed by atoms with Gasteiger partial charge in [-0.2, -0.15) is 0 Å². The summed E-state index contributed by atoms with van der Waals surface area (Å²) < 4.78 is 0. The molecule has 0 bridgehead atoms. The smallest absolute Gasteiger partial charge is 0.313 e. The second kappa shape index (κ2) is 6.34. The minimum Gasteiger partial charge on any atom is -0.343 e. The van der Waals surface area contributed by atoms with Crippen LogP contribution in [0, 0.1) is 13.8 Å². The fourth-order valence-electron chi connectivity index (χ4n) is 1.71. The van der Waals surface area contributed by atoms with E-state index in [1.165, 1.54) is 11.3 Å². The van der Waals surface area contributed by atoms with E-state index in [4.69, 9.17) is 0 Å². The van der Waals surface area contributed by atoms with Gasteiger partial charge in [0.25, 0.3) is 0 Å². The lowest BCUT2D eigenvalue weighted by Crippen LogP contribution is -2.34. The average molecular weight is 288 g/mol. The maximum absolute atomic E-state index is 11.8. The molecule has 5 heteroatoms. The number of carbonyl (C=O) groups excluding carboxylic acids is 2. The zero-order valence-corrected chi connectivity index (χ0v) is 12.2. The number of hydrogen-bond acceptors (Lipinski definition) is 3. The first-order valence-electron chi connectivity index (χ1n) is 6.25. The van der Waals surface area contributed by atoms with Crippen molar-refractivity contribution in [2.24, 2.45) is 0 Å². The lowest BCUT2D eigenvalue weighted by atomic mass is 10.1. The fourth-order valence-corrected chi connectivity index (χ4v) is 2.35. The Hall–Kier alpha value is -2.14. The Bertz CT molecular complexity index is 621. The van der Waals surface area contributed by atoms with E-state index in [1.54, 1.807) is 0 Å². The highest BCUT2D eigenvalue weighted by molar-refractivity contribution is 7.09. The highest BCUT2D eigenvalue weighted by Gasteiger charge is 2.14. The monoisotopic (exact) mass is 288 g/mol. The molecule has 1 aromatic carbocycles. The van der Waals surface area contributed by atoms with Gasteiger partial charge in [-0.15, -0.1) is 11.3 Å². The van der Waals surface area contributed by atoms with Crippen LogP contribution in [0.1, 0.15) is 16.0 Å². The van der Waals surface area contributed by atoms with E-state index in [9.17, 15) is 9.59 Å². The van der Waals surface area contributed by atoms with Gasteiger partial charge < -0.3 is 10.6 Å². The number of thiophene rings is 1. The van der Waals surface area contributed by atoms with E-state index < -0.39 is 11.8 Å². The first-order chi connectivity index (χ1) is 9.56. The second-order valence-electron chi connectivity index (χ2n) is 4.53. The van der Waals surface area contributed by atoms with Crippen LogP contribution in [-0.2, 0) is 16.1 Å². The molecule has 4 nitrogen and oxygen atoms in total. The van der Waals surface area contributed by atoms with Crippen molar-refractivity contribution >= 4 is 28.8 Å². The maximum atomic E-state index is 11.8. The summed E-state index contributed by atoms with van der Waals surface area (Å²) in [5, 5.41) is 7.16. The molecule has 104 valence electrons. The Morgan fingerprint density at radius 2 is 1.95 bits per heavy atom. The van der Waals surface area contributed by atoms with Gasteiger partial charge in [-0.05, 0) is 42.5 Å². The van der Waals surface area contributed by atoms with E-state index in [-0.39, 0.29) is 0 Å². The molecule has 0 aliphatic carbocycles. The van der Waals surface area contributed by atoms with E-state index in [0.717, 1.165) is 16.0 Å². The molecule has 0 unspecified atom stereocenters. The summed E-state index contributed by atoms with van der Waals surface area (Å²) >= 11 is 1.54. The van der Waals surface area contributed by atoms with Crippen molar-refractivity contribution in [3.63, 3.8) is 0 Å². The molecule has 0 spiro atoms. The molecule has 0 aliphatic rings. The van der Waals surface area contributed by atoms with Crippen LogP contribution in [0.25, 0.3) is 0 Å². The third kappa shape index (κ3) is 3.68. The van der Waals surface area contributed by atoms with Crippen molar-refractivity contribution in [2.75, 3.05) is 5.32 Å². The van der Waals surface area contributed by atoms with Crippen LogP contribution in [0.5, 0.6) is 0 Å². The topological polar surface area (TPSA) is 58.2 Å². The number of rotatable bonds is 3. The van der Waals surface area contributed by atoms with Crippen LogP contribution < -0.4 is 10.6 Å². The van der Waals surface area contributed by atoms with E-state index >= 15 is 0 Å². The van der Waals surface area contributed by atoms with Crippen LogP contribution >= 0.6 is 11.3 Å². The molecule has 1 heterocycles. The van der Waals surface area contributed by atoms with E-state index in [2.05, 4.69) is 10.6 Å². The molecule has 0 atom stereocenters. The van der Waals surface area contributed by atoms with Gasteiger partial charge in [0, 0.05) is 10.6 Å². The van der Waals surface area contributed by atoms with Crippen LogP contribution in [-0.4, -0.2) is 11.8 Å². The SMILES string of the molecule is Cc1ccc(C)c(NC(=O)C(=O)NCc2cccs2)c1. The molecule has 1 aromatic heterocycles. The molecule has 0 radical (unpaired) electrons. The lowest BCUT2D eigenvalue weighted by molar-refractivity contribution is -0.136. The number of hydrogen-bond donors (Lipinski definition) is 2. The van der Waals surface area contributed by atoms with Crippen LogP contribution in [0.4, 0.5) is 5.69 Å². The van der Waals surface area contributed by atoms with Gasteiger partial charge in [0.05, 0.1) is 6.54 Å². The molecular weight excluding hydrogens is 272 g/mol. The van der Waals surface area contributed by atoms with Crippen molar-refractivity contribution < 1.29 is 9.59 Å². The van der Waals surface area contributed by atoms with Crippen LogP contribution in [0.3, 0.4) is 0 Å². The molecule has 2 amide bonds. The number of benzene rings is 1. The molecule has 0 saturated carbocycles. The summed E-state index contributed by atoms with van der Waals surface area (Å²) in [4.78, 5) is 24.5. The third-order valence-electron chi connectivity index (χ3n) is 2.85. The Morgan fingerprint density at radius 1 is 1.15 bits per heavy atom. The molecule has 0 fully saturated rings. The normalized spacial score (nSPS) is 10.1. The minimum atomic E-state index is -0.643. The lowest BCUT2D eigenvalue weighted by Gasteiger charge is -2.09. The molecule has 2 rings (SSSR count). The Labute approximate surface area is 121 Å². The first-order valence-corrected chi connectivity index (χ1v) is 7.13. The van der Waals surface area contributed by atoms with Crippen molar-refractivity contribution in [1.29, 1.82) is 0 Å². The summed E-state index contributed by atoms with van der Waals surface area (Å²) in [7, 11) is 0. The van der Waals surface area contributed by atoms with Gasteiger partial charge in [0.1, 0.15) is 0 Å². The highest BCUT2D eigenvalue weighted by Crippen LogP contribution is 2.16. The summed E-state index contributed by atoms with van der Waals surface area (Å²) in [5.41, 5.74) is 2.63. The zero-order valence-electron chi connectivity index (χ0n) is 11.4. The van der Waals surface area contributed by atoms with Crippen LogP contribution in [0.2, 0.25) is 0 Å². The number of aryl methyl sites for hydroxylation is 2. The summed E-state index contributed by atoms with van der Waals surface area (Å²) in [6.45, 7) is 4.20. The van der Waals surface area contributed by atoms with E-state index in [0.29, 0.717) is 12.2 Å². The van der Waals surface area contributed by atoms with Crippen molar-refractivity contribution in [3.05, 3.63) is 51.7 Å². The molecular formula is C15H16N2O2S. The number of nitrogens with one attached hydrogen (secondary N) is 2. The van der Waals surface area contributed by atoms with Crippen molar-refractivity contribution in [3.8, 4) is 0 Å². The first kappa shape index (κ1) is 14.3. The fraction of sp³-hybridized carbons (Fsp3) is 0.200. The van der Waals surface area contributed by atoms with E-state index in [1.807, 2.05) is 49.6 Å². The predicted molar refractivity (Wildman–Crippen MR) is 80.7 cm³/mol. The Balaban J connectivity index is 1.93. The van der Waals surface area contributed by atoms with Crippen molar-refractivity contribution in [2.45, 2.75) is 20.4 Å². The maximum Gasteiger partial charge on any atom is 0.313 e. The van der Waals surface area contributed by atoms with Gasteiger partial charge in [-0.3, -0.25) is 9.59 Å². The predicted octanol–water partition coefficient (Wildman–Crippen LogP) is 2.62.